The van der Waals surface area contributed by atoms with Crippen LogP contribution >= 0.6 is 27.5 Å². The minimum absolute atomic E-state index is 0.0785. The van der Waals surface area contributed by atoms with Gasteiger partial charge >= 0.3 is 0 Å². The van der Waals surface area contributed by atoms with E-state index in [2.05, 4.69) is 20.9 Å². The maximum absolute atomic E-state index is 13.8. The van der Waals surface area contributed by atoms with E-state index in [-0.39, 0.29) is 24.9 Å². The normalized spacial score (nSPS) is 13.9. The molecule has 5 nitrogen and oxygen atoms in total. The number of carbonyl (C=O) groups excluding carboxylic acids is 1. The molecule has 0 radical (unpaired) electrons. The van der Waals surface area contributed by atoms with Crippen LogP contribution in [-0.4, -0.2) is 21.9 Å². The molecule has 25 heavy (non-hydrogen) atoms. The Balaban J connectivity index is 1.82. The third-order valence-electron chi connectivity index (χ3n) is 4.15. The van der Waals surface area contributed by atoms with Crippen molar-refractivity contribution in [1.82, 2.24) is 9.38 Å². The third-order valence-corrected chi connectivity index (χ3v) is 5.03. The van der Waals surface area contributed by atoms with Gasteiger partial charge in [-0.2, -0.15) is 0 Å². The first-order valence-corrected chi connectivity index (χ1v) is 8.67. The molecule has 0 saturated carbocycles. The number of ether oxygens (including phenoxy) is 1. The predicted octanol–water partition coefficient (Wildman–Crippen LogP) is 4.12. The fourth-order valence-electron chi connectivity index (χ4n) is 2.92. The summed E-state index contributed by atoms with van der Waals surface area (Å²) in [7, 11) is 0. The Morgan fingerprint density at radius 2 is 2.24 bits per heavy atom. The number of nitrogens with zero attached hydrogens (tertiary/aromatic N) is 3. The molecular weight excluding hydrogens is 413 g/mol. The molecule has 8 heteroatoms. The summed E-state index contributed by atoms with van der Waals surface area (Å²) in [6.45, 7) is 2.03. The van der Waals surface area contributed by atoms with Crippen molar-refractivity contribution in [3.05, 3.63) is 57.2 Å². The first-order chi connectivity index (χ1) is 12.0. The van der Waals surface area contributed by atoms with E-state index >= 15 is 0 Å². The summed E-state index contributed by atoms with van der Waals surface area (Å²) >= 11 is 9.36. The van der Waals surface area contributed by atoms with Gasteiger partial charge in [-0.1, -0.05) is 17.7 Å². The smallest absolute Gasteiger partial charge is 0.265 e. The van der Waals surface area contributed by atoms with Gasteiger partial charge in [0.1, 0.15) is 11.5 Å². The van der Waals surface area contributed by atoms with E-state index in [9.17, 15) is 9.18 Å². The molecule has 0 N–H and O–H groups in total. The van der Waals surface area contributed by atoms with Crippen molar-refractivity contribution < 1.29 is 13.9 Å². The van der Waals surface area contributed by atoms with E-state index < -0.39 is 0 Å². The second-order valence-corrected chi connectivity index (χ2v) is 6.96. The van der Waals surface area contributed by atoms with E-state index in [0.717, 1.165) is 11.4 Å². The van der Waals surface area contributed by atoms with Gasteiger partial charge in [-0.3, -0.25) is 9.69 Å². The lowest BCUT2D eigenvalue weighted by Gasteiger charge is -2.29. The van der Waals surface area contributed by atoms with E-state index in [1.54, 1.807) is 33.7 Å². The maximum Gasteiger partial charge on any atom is 0.265 e. The largest absolute Gasteiger partial charge is 0.480 e. The van der Waals surface area contributed by atoms with Gasteiger partial charge in [0.2, 0.25) is 0 Å². The van der Waals surface area contributed by atoms with Crippen molar-refractivity contribution >= 4 is 44.8 Å². The molecule has 0 unspecified atom stereocenters. The number of aromatic nitrogens is 2. The van der Waals surface area contributed by atoms with Crippen LogP contribution in [0.3, 0.4) is 0 Å². The van der Waals surface area contributed by atoms with E-state index in [1.165, 1.54) is 6.07 Å². The maximum atomic E-state index is 13.8. The molecule has 0 fully saturated rings. The summed E-state index contributed by atoms with van der Waals surface area (Å²) in [5.74, 6) is -0.0728. The van der Waals surface area contributed by atoms with Crippen molar-refractivity contribution in [3.8, 4) is 5.75 Å². The van der Waals surface area contributed by atoms with Crippen molar-refractivity contribution in [2.45, 2.75) is 13.5 Å². The molecule has 3 heterocycles. The second-order valence-electron chi connectivity index (χ2n) is 5.70. The number of carbonyl (C=O) groups is 1. The lowest BCUT2D eigenvalue weighted by atomic mass is 10.2. The standard InChI is InChI=1S/C17H12BrClFN3O2/c1-9-14(22-6-10(18)12(20)5-15(22)21-9)7-23-13-4-2-3-11(19)17(13)25-8-16(23)24/h2-6H,7-8H2,1H3. The van der Waals surface area contributed by atoms with Gasteiger partial charge in [0.25, 0.3) is 5.91 Å². The molecule has 1 aliphatic rings. The third kappa shape index (κ3) is 2.67. The van der Waals surface area contributed by atoms with Crippen LogP contribution in [0.1, 0.15) is 11.4 Å². The monoisotopic (exact) mass is 423 g/mol. The van der Waals surface area contributed by atoms with Crippen LogP contribution in [0.4, 0.5) is 10.1 Å². The Kier molecular flexibility index (Phi) is 3.92. The number of rotatable bonds is 2. The molecule has 128 valence electrons. The van der Waals surface area contributed by atoms with Crippen molar-refractivity contribution in [2.24, 2.45) is 0 Å². The molecule has 0 bridgehead atoms. The van der Waals surface area contributed by atoms with E-state index in [1.807, 2.05) is 6.92 Å². The molecule has 0 spiro atoms. The minimum atomic E-state index is -0.386. The molecule has 2 aromatic heterocycles. The summed E-state index contributed by atoms with van der Waals surface area (Å²) in [6, 6.07) is 6.62. The number of aryl methyl sites for hydroxylation is 1. The molecule has 0 atom stereocenters. The zero-order chi connectivity index (χ0) is 17.7. The van der Waals surface area contributed by atoms with Gasteiger partial charge < -0.3 is 9.14 Å². The van der Waals surface area contributed by atoms with Gasteiger partial charge in [-0.25, -0.2) is 9.37 Å². The Bertz CT molecular complexity index is 1020. The van der Waals surface area contributed by atoms with Crippen LogP contribution in [0.2, 0.25) is 5.02 Å². The van der Waals surface area contributed by atoms with Gasteiger partial charge in [0.15, 0.2) is 12.4 Å². The molecule has 0 aliphatic carbocycles. The Labute approximate surface area is 156 Å². The number of anilines is 1. The number of halogens is 3. The fraction of sp³-hybridized carbons (Fsp3) is 0.176. The zero-order valence-electron chi connectivity index (χ0n) is 13.1. The van der Waals surface area contributed by atoms with Crippen LogP contribution in [0.5, 0.6) is 5.75 Å². The number of imidazole rings is 1. The molecule has 3 aromatic rings. The lowest BCUT2D eigenvalue weighted by Crippen LogP contribution is -2.38. The van der Waals surface area contributed by atoms with Crippen LogP contribution in [-0.2, 0) is 11.3 Å². The SMILES string of the molecule is Cc1nc2cc(F)c(Br)cn2c1CN1C(=O)COc2c(Cl)cccc21. The van der Waals surface area contributed by atoms with Gasteiger partial charge in [-0.15, -0.1) is 0 Å². The minimum Gasteiger partial charge on any atom is -0.480 e. The molecule has 1 aliphatic heterocycles. The lowest BCUT2D eigenvalue weighted by molar-refractivity contribution is -0.121. The van der Waals surface area contributed by atoms with Crippen molar-refractivity contribution in [3.63, 3.8) is 0 Å². The zero-order valence-corrected chi connectivity index (χ0v) is 15.4. The molecular formula is C17H12BrClFN3O2. The number of fused-ring (bicyclic) bond motifs is 2. The number of pyridine rings is 1. The second kappa shape index (κ2) is 6.00. The van der Waals surface area contributed by atoms with Gasteiger partial charge in [0.05, 0.1) is 33.1 Å². The van der Waals surface area contributed by atoms with Crippen LogP contribution < -0.4 is 9.64 Å². The van der Waals surface area contributed by atoms with E-state index in [4.69, 9.17) is 16.3 Å². The summed E-state index contributed by atoms with van der Waals surface area (Å²) in [4.78, 5) is 18.4. The van der Waals surface area contributed by atoms with Crippen LogP contribution in [0, 0.1) is 12.7 Å². The Hall–Kier alpha value is -2.12. The van der Waals surface area contributed by atoms with Crippen molar-refractivity contribution in [2.75, 3.05) is 11.5 Å². The predicted molar refractivity (Wildman–Crippen MR) is 95.7 cm³/mol. The fourth-order valence-corrected chi connectivity index (χ4v) is 3.46. The molecule has 1 amide bonds. The summed E-state index contributed by atoms with van der Waals surface area (Å²) in [5, 5.41) is 0.453. The van der Waals surface area contributed by atoms with Crippen LogP contribution in [0.15, 0.2) is 34.9 Å². The van der Waals surface area contributed by atoms with Gasteiger partial charge in [-0.05, 0) is 35.0 Å². The average molecular weight is 425 g/mol. The molecule has 1 aromatic carbocycles. The summed E-state index contributed by atoms with van der Waals surface area (Å²) in [5.41, 5.74) is 2.61. The Morgan fingerprint density at radius 1 is 1.44 bits per heavy atom. The average Bonchev–Trinajstić information content (AvgIpc) is 2.86. The number of amides is 1. The number of hydrogen-bond donors (Lipinski definition) is 0. The summed E-state index contributed by atoms with van der Waals surface area (Å²) in [6.07, 6.45) is 1.61. The topological polar surface area (TPSA) is 46.8 Å². The molecule has 4 rings (SSSR count). The number of benzene rings is 1. The van der Waals surface area contributed by atoms with Gasteiger partial charge in [0, 0.05) is 12.3 Å². The highest BCUT2D eigenvalue weighted by Crippen LogP contribution is 2.39. The molecule has 0 saturated heterocycles. The first kappa shape index (κ1) is 16.4. The summed E-state index contributed by atoms with van der Waals surface area (Å²) < 4.78 is 21.3. The Morgan fingerprint density at radius 3 is 3.04 bits per heavy atom. The first-order valence-electron chi connectivity index (χ1n) is 7.50. The number of para-hydroxylation sites is 1. The highest BCUT2D eigenvalue weighted by molar-refractivity contribution is 9.10. The highest BCUT2D eigenvalue weighted by Gasteiger charge is 2.28. The quantitative estimate of drug-likeness (QED) is 0.622. The number of hydrogen-bond acceptors (Lipinski definition) is 3. The van der Waals surface area contributed by atoms with E-state index in [0.29, 0.717) is 26.6 Å². The van der Waals surface area contributed by atoms with Crippen LogP contribution in [0.25, 0.3) is 5.65 Å². The van der Waals surface area contributed by atoms with Crippen molar-refractivity contribution in [1.29, 1.82) is 0 Å². The highest BCUT2D eigenvalue weighted by atomic mass is 79.9.